The number of hydrogen-bond acceptors (Lipinski definition) is 3. The SMILES string of the molecule is CCC(CC)C(=O)Nc1ccc(N2CCC(C(C(N)=O)(c3ccccc3)C3CC3)CC2)c(F)c1. The number of nitrogens with two attached hydrogens (primary N) is 1. The molecular weight excluding hydrogens is 429 g/mol. The monoisotopic (exact) mass is 465 g/mol. The molecular formula is C28H36FN3O2. The van der Waals surface area contributed by atoms with Crippen molar-refractivity contribution in [2.45, 2.75) is 57.8 Å². The average molecular weight is 466 g/mol. The summed E-state index contributed by atoms with van der Waals surface area (Å²) in [5.41, 5.74) is 7.49. The molecule has 2 fully saturated rings. The molecule has 3 N–H and O–H groups in total. The predicted molar refractivity (Wildman–Crippen MR) is 134 cm³/mol. The van der Waals surface area contributed by atoms with Crippen LogP contribution in [-0.4, -0.2) is 24.9 Å². The molecule has 1 heterocycles. The first-order chi connectivity index (χ1) is 16.4. The smallest absolute Gasteiger partial charge is 0.228 e. The second-order valence-corrected chi connectivity index (χ2v) is 9.80. The molecule has 1 aliphatic carbocycles. The molecule has 2 amide bonds. The lowest BCUT2D eigenvalue weighted by atomic mass is 9.63. The van der Waals surface area contributed by atoms with Crippen LogP contribution in [0.3, 0.4) is 0 Å². The number of piperidine rings is 1. The van der Waals surface area contributed by atoms with Crippen molar-refractivity contribution in [1.29, 1.82) is 0 Å². The second kappa shape index (κ2) is 10.2. The zero-order valence-electron chi connectivity index (χ0n) is 20.2. The van der Waals surface area contributed by atoms with Crippen LogP contribution in [0.1, 0.15) is 57.9 Å². The van der Waals surface area contributed by atoms with Crippen molar-refractivity contribution < 1.29 is 14.0 Å². The summed E-state index contributed by atoms with van der Waals surface area (Å²) in [5, 5.41) is 2.84. The number of hydrogen-bond donors (Lipinski definition) is 2. The van der Waals surface area contributed by atoms with E-state index in [9.17, 15) is 9.59 Å². The molecule has 1 unspecified atom stereocenters. The van der Waals surface area contributed by atoms with E-state index in [1.54, 1.807) is 12.1 Å². The van der Waals surface area contributed by atoms with Crippen molar-refractivity contribution in [1.82, 2.24) is 0 Å². The van der Waals surface area contributed by atoms with E-state index >= 15 is 4.39 Å². The Balaban J connectivity index is 1.48. The maximum Gasteiger partial charge on any atom is 0.228 e. The van der Waals surface area contributed by atoms with Crippen LogP contribution in [0.25, 0.3) is 0 Å². The number of nitrogens with one attached hydrogen (secondary N) is 1. The molecule has 1 atom stereocenters. The molecule has 2 aliphatic rings. The van der Waals surface area contributed by atoms with Gasteiger partial charge in [0, 0.05) is 24.7 Å². The Morgan fingerprint density at radius 2 is 1.65 bits per heavy atom. The molecule has 0 spiro atoms. The predicted octanol–water partition coefficient (Wildman–Crippen LogP) is 5.25. The fourth-order valence-electron chi connectivity index (χ4n) is 5.92. The van der Waals surface area contributed by atoms with Gasteiger partial charge in [-0.3, -0.25) is 9.59 Å². The molecule has 1 aliphatic heterocycles. The topological polar surface area (TPSA) is 75.4 Å². The van der Waals surface area contributed by atoms with Crippen molar-refractivity contribution in [2.24, 2.45) is 23.5 Å². The minimum atomic E-state index is -0.644. The molecule has 1 saturated carbocycles. The zero-order chi connectivity index (χ0) is 24.3. The van der Waals surface area contributed by atoms with Crippen molar-refractivity contribution in [3.05, 3.63) is 59.9 Å². The summed E-state index contributed by atoms with van der Waals surface area (Å²) >= 11 is 0. The van der Waals surface area contributed by atoms with Crippen molar-refractivity contribution >= 4 is 23.2 Å². The van der Waals surface area contributed by atoms with E-state index in [-0.39, 0.29) is 29.5 Å². The highest BCUT2D eigenvalue weighted by Crippen LogP contribution is 2.54. The molecule has 182 valence electrons. The molecule has 1 saturated heterocycles. The lowest BCUT2D eigenvalue weighted by Gasteiger charge is -2.44. The molecule has 2 aromatic rings. The van der Waals surface area contributed by atoms with E-state index in [4.69, 9.17) is 5.73 Å². The quantitative estimate of drug-likeness (QED) is 0.531. The minimum absolute atomic E-state index is 0.0663. The van der Waals surface area contributed by atoms with E-state index in [0.29, 0.717) is 30.4 Å². The number of anilines is 2. The number of carbonyl (C=O) groups is 2. The summed E-state index contributed by atoms with van der Waals surface area (Å²) in [7, 11) is 0. The van der Waals surface area contributed by atoms with Gasteiger partial charge in [0.15, 0.2) is 0 Å². The Kier molecular flexibility index (Phi) is 7.24. The van der Waals surface area contributed by atoms with E-state index in [1.807, 2.05) is 49.1 Å². The lowest BCUT2D eigenvalue weighted by Crippen LogP contribution is -2.52. The van der Waals surface area contributed by atoms with Crippen LogP contribution in [0.2, 0.25) is 0 Å². The van der Waals surface area contributed by atoms with Gasteiger partial charge in [0.25, 0.3) is 0 Å². The van der Waals surface area contributed by atoms with Gasteiger partial charge in [0.1, 0.15) is 5.82 Å². The average Bonchev–Trinajstić information content (AvgIpc) is 3.67. The van der Waals surface area contributed by atoms with Gasteiger partial charge in [-0.2, -0.15) is 0 Å². The fourth-order valence-corrected chi connectivity index (χ4v) is 5.92. The number of rotatable bonds is 9. The number of carbonyl (C=O) groups excluding carboxylic acids is 2. The third kappa shape index (κ3) is 4.55. The van der Waals surface area contributed by atoms with Gasteiger partial charge in [-0.25, -0.2) is 4.39 Å². The van der Waals surface area contributed by atoms with E-state index in [2.05, 4.69) is 5.32 Å². The molecule has 34 heavy (non-hydrogen) atoms. The van der Waals surface area contributed by atoms with Crippen LogP contribution in [0.4, 0.5) is 15.8 Å². The first-order valence-electron chi connectivity index (χ1n) is 12.6. The first-order valence-corrected chi connectivity index (χ1v) is 12.6. The highest BCUT2D eigenvalue weighted by Gasteiger charge is 2.55. The van der Waals surface area contributed by atoms with Gasteiger partial charge in [-0.05, 0) is 74.1 Å². The van der Waals surface area contributed by atoms with Crippen LogP contribution < -0.4 is 16.0 Å². The van der Waals surface area contributed by atoms with Crippen molar-refractivity contribution in [3.63, 3.8) is 0 Å². The first kappa shape index (κ1) is 24.2. The standard InChI is InChI=1S/C28H36FN3O2/c1-3-19(4-2)26(33)31-23-12-13-25(24(29)18-23)32-16-14-22(15-17-32)28(27(30)34,21-10-11-21)20-8-6-5-7-9-20/h5-9,12-13,18-19,21-22H,3-4,10-11,14-17H2,1-2H3,(H2,30,34)(H,31,33). The third-order valence-electron chi connectivity index (χ3n) is 7.93. The third-order valence-corrected chi connectivity index (χ3v) is 7.93. The van der Waals surface area contributed by atoms with Crippen LogP contribution in [0.5, 0.6) is 0 Å². The molecule has 5 nitrogen and oxygen atoms in total. The molecule has 0 radical (unpaired) electrons. The summed E-state index contributed by atoms with van der Waals surface area (Å²) in [4.78, 5) is 27.3. The van der Waals surface area contributed by atoms with Crippen LogP contribution in [-0.2, 0) is 15.0 Å². The van der Waals surface area contributed by atoms with E-state index in [0.717, 1.165) is 44.1 Å². The molecule has 6 heteroatoms. The summed E-state index contributed by atoms with van der Waals surface area (Å²) < 4.78 is 15.0. The van der Waals surface area contributed by atoms with Crippen molar-refractivity contribution in [2.75, 3.05) is 23.3 Å². The van der Waals surface area contributed by atoms with Crippen molar-refractivity contribution in [3.8, 4) is 0 Å². The summed E-state index contributed by atoms with van der Waals surface area (Å²) in [6, 6.07) is 14.9. The Morgan fingerprint density at radius 3 is 2.18 bits per heavy atom. The Morgan fingerprint density at radius 1 is 1.03 bits per heavy atom. The van der Waals surface area contributed by atoms with Crippen LogP contribution in [0, 0.1) is 23.6 Å². The van der Waals surface area contributed by atoms with E-state index in [1.165, 1.54) is 6.07 Å². The summed E-state index contributed by atoms with van der Waals surface area (Å²) in [6.45, 7) is 5.29. The van der Waals surface area contributed by atoms with Gasteiger partial charge in [0.05, 0.1) is 11.1 Å². The number of nitrogens with zero attached hydrogens (tertiary/aromatic N) is 1. The lowest BCUT2D eigenvalue weighted by molar-refractivity contribution is -0.127. The number of amides is 2. The van der Waals surface area contributed by atoms with Crippen LogP contribution >= 0.6 is 0 Å². The molecule has 4 rings (SSSR count). The normalized spacial score (nSPS) is 18.5. The Hall–Kier alpha value is -2.89. The zero-order valence-corrected chi connectivity index (χ0v) is 20.2. The Labute approximate surface area is 201 Å². The molecule has 2 aromatic carbocycles. The van der Waals surface area contributed by atoms with Gasteiger partial charge >= 0.3 is 0 Å². The molecule has 0 aromatic heterocycles. The van der Waals surface area contributed by atoms with Gasteiger partial charge in [-0.15, -0.1) is 0 Å². The largest absolute Gasteiger partial charge is 0.369 e. The van der Waals surface area contributed by atoms with Crippen LogP contribution in [0.15, 0.2) is 48.5 Å². The number of benzene rings is 2. The maximum absolute atomic E-state index is 15.0. The van der Waals surface area contributed by atoms with Gasteiger partial charge in [0.2, 0.25) is 11.8 Å². The summed E-state index contributed by atoms with van der Waals surface area (Å²) in [5.74, 6) is -0.280. The minimum Gasteiger partial charge on any atom is -0.369 e. The highest BCUT2D eigenvalue weighted by molar-refractivity contribution is 5.92. The summed E-state index contributed by atoms with van der Waals surface area (Å²) in [6.07, 6.45) is 5.12. The second-order valence-electron chi connectivity index (χ2n) is 9.80. The Bertz CT molecular complexity index is 1010. The maximum atomic E-state index is 15.0. The van der Waals surface area contributed by atoms with Gasteiger partial charge < -0.3 is 16.0 Å². The number of halogens is 1. The van der Waals surface area contributed by atoms with E-state index < -0.39 is 5.41 Å². The fraction of sp³-hybridized carbons (Fsp3) is 0.500. The number of primary amides is 1. The molecule has 0 bridgehead atoms. The highest BCUT2D eigenvalue weighted by atomic mass is 19.1. The van der Waals surface area contributed by atoms with Gasteiger partial charge in [-0.1, -0.05) is 44.2 Å².